The Hall–Kier alpha value is -4.14. The second-order valence-corrected chi connectivity index (χ2v) is 9.09. The first kappa shape index (κ1) is 23.6. The zero-order valence-electron chi connectivity index (χ0n) is 20.3. The predicted octanol–water partition coefficient (Wildman–Crippen LogP) is 6.29. The topological polar surface area (TPSA) is 68.6 Å². The highest BCUT2D eigenvalue weighted by Crippen LogP contribution is 2.48. The number of esters is 1. The van der Waals surface area contributed by atoms with Gasteiger partial charge in [0.25, 0.3) is 0 Å². The standard InChI is InChI=1S/C31H27NO4/c1-20(24-12-13-26-17-27(34-2)15-14-25(26)16-24)31(33)35-19-28-29(22-6-4-3-5-7-22)30(36-28)23-10-8-21(18-32)9-11-23/h3-17,20,28-30H,19H2,1-2H3/t20-,28+,29+,30-/m0/s1. The highest BCUT2D eigenvalue weighted by atomic mass is 16.6. The van der Waals surface area contributed by atoms with Crippen LogP contribution in [0.4, 0.5) is 0 Å². The summed E-state index contributed by atoms with van der Waals surface area (Å²) in [5.74, 6) is 0.176. The molecule has 0 bridgehead atoms. The van der Waals surface area contributed by atoms with Gasteiger partial charge in [-0.1, -0.05) is 66.7 Å². The molecule has 0 N–H and O–H groups in total. The maximum atomic E-state index is 13.0. The number of hydrogen-bond donors (Lipinski definition) is 0. The van der Waals surface area contributed by atoms with E-state index < -0.39 is 5.92 Å². The van der Waals surface area contributed by atoms with E-state index in [9.17, 15) is 4.79 Å². The van der Waals surface area contributed by atoms with E-state index in [1.54, 1.807) is 19.2 Å². The number of ether oxygens (including phenoxy) is 3. The summed E-state index contributed by atoms with van der Waals surface area (Å²) in [6, 6.07) is 31.6. The molecule has 1 saturated heterocycles. The summed E-state index contributed by atoms with van der Waals surface area (Å²) in [6.45, 7) is 2.04. The molecule has 1 aliphatic heterocycles. The fourth-order valence-electron chi connectivity index (χ4n) is 4.77. The number of carbonyl (C=O) groups excluding carboxylic acids is 1. The minimum absolute atomic E-state index is 0.0536. The van der Waals surface area contributed by atoms with E-state index >= 15 is 0 Å². The van der Waals surface area contributed by atoms with Crippen LogP contribution in [-0.4, -0.2) is 25.8 Å². The molecule has 5 nitrogen and oxygen atoms in total. The van der Waals surface area contributed by atoms with Crippen molar-refractivity contribution in [2.45, 2.75) is 31.0 Å². The number of rotatable bonds is 7. The number of carbonyl (C=O) groups is 1. The lowest BCUT2D eigenvalue weighted by atomic mass is 9.80. The van der Waals surface area contributed by atoms with E-state index in [0.29, 0.717) is 5.56 Å². The van der Waals surface area contributed by atoms with Crippen LogP contribution in [0, 0.1) is 11.3 Å². The van der Waals surface area contributed by atoms with Gasteiger partial charge in [-0.25, -0.2) is 0 Å². The van der Waals surface area contributed by atoms with Crippen molar-refractivity contribution in [1.82, 2.24) is 0 Å². The largest absolute Gasteiger partial charge is 0.497 e. The molecule has 5 rings (SSSR count). The quantitative estimate of drug-likeness (QED) is 0.293. The Bertz CT molecular complexity index is 1410. The summed E-state index contributed by atoms with van der Waals surface area (Å²) in [7, 11) is 1.65. The minimum Gasteiger partial charge on any atom is -0.497 e. The highest BCUT2D eigenvalue weighted by Gasteiger charge is 2.45. The van der Waals surface area contributed by atoms with Gasteiger partial charge in [0, 0.05) is 5.92 Å². The molecule has 1 aliphatic rings. The lowest BCUT2D eigenvalue weighted by molar-refractivity contribution is -0.185. The van der Waals surface area contributed by atoms with Crippen molar-refractivity contribution in [1.29, 1.82) is 5.26 Å². The molecule has 4 aromatic carbocycles. The van der Waals surface area contributed by atoms with Crippen LogP contribution in [0.5, 0.6) is 5.75 Å². The van der Waals surface area contributed by atoms with Crippen molar-refractivity contribution in [3.63, 3.8) is 0 Å². The van der Waals surface area contributed by atoms with E-state index in [-0.39, 0.29) is 30.7 Å². The molecule has 0 unspecified atom stereocenters. The van der Waals surface area contributed by atoms with Crippen LogP contribution in [0.25, 0.3) is 10.8 Å². The van der Waals surface area contributed by atoms with E-state index in [1.165, 1.54) is 0 Å². The zero-order chi connectivity index (χ0) is 25.1. The van der Waals surface area contributed by atoms with Crippen LogP contribution < -0.4 is 4.74 Å². The lowest BCUT2D eigenvalue weighted by Crippen LogP contribution is -2.44. The maximum Gasteiger partial charge on any atom is 0.313 e. The van der Waals surface area contributed by atoms with Crippen LogP contribution in [0.15, 0.2) is 91.0 Å². The zero-order valence-corrected chi connectivity index (χ0v) is 20.3. The van der Waals surface area contributed by atoms with Crippen molar-refractivity contribution < 1.29 is 19.0 Å². The third-order valence-electron chi connectivity index (χ3n) is 6.92. The van der Waals surface area contributed by atoms with Gasteiger partial charge >= 0.3 is 5.97 Å². The van der Waals surface area contributed by atoms with Crippen LogP contribution in [0.3, 0.4) is 0 Å². The highest BCUT2D eigenvalue weighted by molar-refractivity contribution is 5.86. The van der Waals surface area contributed by atoms with E-state index in [2.05, 4.69) is 18.2 Å². The summed E-state index contributed by atoms with van der Waals surface area (Å²) in [5, 5.41) is 11.2. The van der Waals surface area contributed by atoms with Gasteiger partial charge in [0.05, 0.1) is 30.8 Å². The Kier molecular flexibility index (Phi) is 6.71. The fraction of sp³-hybridized carbons (Fsp3) is 0.226. The van der Waals surface area contributed by atoms with Gasteiger partial charge in [0.15, 0.2) is 0 Å². The van der Waals surface area contributed by atoms with Crippen LogP contribution in [-0.2, 0) is 14.3 Å². The molecule has 1 heterocycles. The molecule has 4 aromatic rings. The third kappa shape index (κ3) is 4.68. The first-order valence-corrected chi connectivity index (χ1v) is 12.0. The average molecular weight is 478 g/mol. The number of benzene rings is 4. The molecule has 36 heavy (non-hydrogen) atoms. The smallest absolute Gasteiger partial charge is 0.313 e. The van der Waals surface area contributed by atoms with Crippen molar-refractivity contribution in [2.24, 2.45) is 0 Å². The monoisotopic (exact) mass is 477 g/mol. The van der Waals surface area contributed by atoms with Crippen molar-refractivity contribution in [2.75, 3.05) is 13.7 Å². The molecular weight excluding hydrogens is 450 g/mol. The average Bonchev–Trinajstić information content (AvgIpc) is 2.92. The first-order chi connectivity index (χ1) is 17.6. The number of methoxy groups -OCH3 is 1. The molecule has 0 saturated carbocycles. The summed E-state index contributed by atoms with van der Waals surface area (Å²) >= 11 is 0. The molecule has 5 heteroatoms. The van der Waals surface area contributed by atoms with E-state index in [4.69, 9.17) is 19.5 Å². The van der Waals surface area contributed by atoms with Gasteiger partial charge in [-0.15, -0.1) is 0 Å². The number of nitriles is 1. The molecule has 0 amide bonds. The minimum atomic E-state index is -0.402. The van der Waals surface area contributed by atoms with Gasteiger partial charge in [-0.2, -0.15) is 5.26 Å². The summed E-state index contributed by atoms with van der Waals surface area (Å²) in [5.41, 5.74) is 3.66. The molecule has 0 spiro atoms. The van der Waals surface area contributed by atoms with Gasteiger partial charge in [-0.3, -0.25) is 4.79 Å². The normalized spacial score (nSPS) is 19.6. The molecule has 0 aliphatic carbocycles. The van der Waals surface area contributed by atoms with Crippen molar-refractivity contribution in [3.05, 3.63) is 113 Å². The lowest BCUT2D eigenvalue weighted by Gasteiger charge is -2.45. The summed E-state index contributed by atoms with van der Waals surface area (Å²) < 4.78 is 17.3. The molecule has 180 valence electrons. The van der Waals surface area contributed by atoms with E-state index in [1.807, 2.05) is 73.7 Å². The Morgan fingerprint density at radius 2 is 1.67 bits per heavy atom. The Morgan fingerprint density at radius 1 is 0.944 bits per heavy atom. The number of nitrogens with zero attached hydrogens (tertiary/aromatic N) is 1. The SMILES string of the molecule is COc1ccc2cc([C@H](C)C(=O)OC[C@H]3O[C@@H](c4ccc(C#N)cc4)[C@@H]3c3ccccc3)ccc2c1. The van der Waals surface area contributed by atoms with Gasteiger partial charge < -0.3 is 14.2 Å². The fourth-order valence-corrected chi connectivity index (χ4v) is 4.77. The number of hydrogen-bond acceptors (Lipinski definition) is 5. The molecule has 1 fully saturated rings. The second-order valence-electron chi connectivity index (χ2n) is 9.09. The third-order valence-corrected chi connectivity index (χ3v) is 6.92. The van der Waals surface area contributed by atoms with Crippen LogP contribution in [0.2, 0.25) is 0 Å². The van der Waals surface area contributed by atoms with Gasteiger partial charge in [-0.05, 0) is 58.7 Å². The molecule has 4 atom stereocenters. The summed E-state index contributed by atoms with van der Waals surface area (Å²) in [6.07, 6.45) is -0.396. The molecule has 0 aromatic heterocycles. The van der Waals surface area contributed by atoms with Crippen LogP contribution in [0.1, 0.15) is 47.1 Å². The number of fused-ring (bicyclic) bond motifs is 1. The first-order valence-electron chi connectivity index (χ1n) is 12.0. The molecule has 0 radical (unpaired) electrons. The Labute approximate surface area is 210 Å². The second kappa shape index (κ2) is 10.2. The van der Waals surface area contributed by atoms with Crippen molar-refractivity contribution >= 4 is 16.7 Å². The van der Waals surface area contributed by atoms with E-state index in [0.717, 1.165) is 33.2 Å². The Morgan fingerprint density at radius 3 is 2.39 bits per heavy atom. The Balaban J connectivity index is 1.28. The van der Waals surface area contributed by atoms with Gasteiger partial charge in [0.1, 0.15) is 18.5 Å². The van der Waals surface area contributed by atoms with Gasteiger partial charge in [0.2, 0.25) is 0 Å². The maximum absolute atomic E-state index is 13.0. The van der Waals surface area contributed by atoms with Crippen LogP contribution >= 0.6 is 0 Å². The molecular formula is C31H27NO4. The van der Waals surface area contributed by atoms with Crippen molar-refractivity contribution in [3.8, 4) is 11.8 Å². The summed E-state index contributed by atoms with van der Waals surface area (Å²) in [4.78, 5) is 13.0. The predicted molar refractivity (Wildman–Crippen MR) is 138 cm³/mol.